The van der Waals surface area contributed by atoms with Gasteiger partial charge >= 0.3 is 0 Å². The third-order valence-electron chi connectivity index (χ3n) is 3.13. The first kappa shape index (κ1) is 11.3. The summed E-state index contributed by atoms with van der Waals surface area (Å²) in [6.45, 7) is 2.12. The minimum absolute atomic E-state index is 0.694. The first-order chi connectivity index (χ1) is 8.74. The van der Waals surface area contributed by atoms with Crippen LogP contribution in [-0.2, 0) is 6.42 Å². The lowest BCUT2D eigenvalue weighted by Crippen LogP contribution is -1.93. The smallest absolute Gasteiger partial charge is 0.111 e. The second kappa shape index (κ2) is 4.46. The zero-order valence-corrected chi connectivity index (χ0v) is 10.8. The van der Waals surface area contributed by atoms with Crippen LogP contribution in [0.3, 0.4) is 0 Å². The van der Waals surface area contributed by atoms with Crippen molar-refractivity contribution >= 4 is 22.6 Å². The van der Waals surface area contributed by atoms with Crippen LogP contribution in [0.5, 0.6) is 0 Å². The molecule has 0 aliphatic heterocycles. The summed E-state index contributed by atoms with van der Waals surface area (Å²) in [5.41, 5.74) is 4.41. The van der Waals surface area contributed by atoms with Crippen LogP contribution in [0, 0.1) is 6.92 Å². The van der Waals surface area contributed by atoms with Crippen LogP contribution in [0.1, 0.15) is 17.0 Å². The summed E-state index contributed by atoms with van der Waals surface area (Å²) in [6, 6.07) is 14.1. The highest BCUT2D eigenvalue weighted by Crippen LogP contribution is 2.22. The molecule has 0 saturated heterocycles. The van der Waals surface area contributed by atoms with E-state index >= 15 is 0 Å². The Labute approximate surface area is 111 Å². The molecule has 3 aromatic rings. The minimum atomic E-state index is 0.694. The molecule has 2 nitrogen and oxygen atoms in total. The number of hydrogen-bond donors (Lipinski definition) is 1. The number of halogens is 1. The molecule has 3 rings (SSSR count). The number of imidazole rings is 1. The lowest BCUT2D eigenvalue weighted by molar-refractivity contribution is 1.03. The number of nitrogens with one attached hydrogen (secondary N) is 1. The molecule has 18 heavy (non-hydrogen) atoms. The van der Waals surface area contributed by atoms with Crippen molar-refractivity contribution in [3.63, 3.8) is 0 Å². The van der Waals surface area contributed by atoms with Crippen molar-refractivity contribution in [1.29, 1.82) is 0 Å². The van der Waals surface area contributed by atoms with E-state index in [2.05, 4.69) is 35.1 Å². The van der Waals surface area contributed by atoms with Gasteiger partial charge in [-0.2, -0.15) is 0 Å². The molecule has 0 radical (unpaired) electrons. The van der Waals surface area contributed by atoms with E-state index in [1.807, 2.05) is 24.3 Å². The van der Waals surface area contributed by atoms with Gasteiger partial charge < -0.3 is 4.98 Å². The molecular formula is C15H13ClN2. The quantitative estimate of drug-likeness (QED) is 0.734. The van der Waals surface area contributed by atoms with Gasteiger partial charge in [-0.25, -0.2) is 4.98 Å². The number of aryl methyl sites for hydroxylation is 1. The van der Waals surface area contributed by atoms with Gasteiger partial charge in [0.05, 0.1) is 10.5 Å². The third-order valence-corrected chi connectivity index (χ3v) is 3.44. The third kappa shape index (κ3) is 2.00. The molecule has 2 aromatic carbocycles. The molecular weight excluding hydrogens is 244 g/mol. The summed E-state index contributed by atoms with van der Waals surface area (Å²) < 4.78 is 0. The number of fused-ring (bicyclic) bond motifs is 1. The summed E-state index contributed by atoms with van der Waals surface area (Å²) in [7, 11) is 0. The van der Waals surface area contributed by atoms with Crippen LogP contribution in [-0.4, -0.2) is 9.97 Å². The Hall–Kier alpha value is -1.80. The predicted molar refractivity (Wildman–Crippen MR) is 75.1 cm³/mol. The summed E-state index contributed by atoms with van der Waals surface area (Å²) in [5, 5.41) is 0.694. The van der Waals surface area contributed by atoms with Crippen molar-refractivity contribution in [2.75, 3.05) is 0 Å². The van der Waals surface area contributed by atoms with Gasteiger partial charge in [0.25, 0.3) is 0 Å². The molecule has 0 aliphatic rings. The van der Waals surface area contributed by atoms with Gasteiger partial charge in [-0.3, -0.25) is 0 Å². The van der Waals surface area contributed by atoms with Crippen molar-refractivity contribution in [1.82, 2.24) is 9.97 Å². The Bertz CT molecular complexity index is 701. The fourth-order valence-electron chi connectivity index (χ4n) is 2.12. The number of aromatic amines is 1. The van der Waals surface area contributed by atoms with Gasteiger partial charge in [-0.05, 0) is 30.2 Å². The van der Waals surface area contributed by atoms with E-state index in [1.165, 1.54) is 11.1 Å². The predicted octanol–water partition coefficient (Wildman–Crippen LogP) is 4.12. The molecule has 1 aromatic heterocycles. The maximum atomic E-state index is 6.12. The molecule has 0 saturated carbocycles. The summed E-state index contributed by atoms with van der Waals surface area (Å²) in [4.78, 5) is 7.88. The second-order valence-corrected chi connectivity index (χ2v) is 4.83. The number of aromatic nitrogens is 2. The summed E-state index contributed by atoms with van der Waals surface area (Å²) in [6.07, 6.45) is 0.803. The number of benzene rings is 2. The van der Waals surface area contributed by atoms with Gasteiger partial charge in [0.1, 0.15) is 11.3 Å². The average molecular weight is 257 g/mol. The standard InChI is InChI=1S/C15H13ClN2/c1-10-5-2-3-6-11(10)9-14-17-13-8-4-7-12(16)15(13)18-14/h2-8H,9H2,1H3,(H,17,18). The molecule has 1 N–H and O–H groups in total. The topological polar surface area (TPSA) is 28.7 Å². The average Bonchev–Trinajstić information content (AvgIpc) is 2.76. The molecule has 0 fully saturated rings. The van der Waals surface area contributed by atoms with E-state index in [4.69, 9.17) is 11.6 Å². The van der Waals surface area contributed by atoms with E-state index < -0.39 is 0 Å². The molecule has 0 amide bonds. The monoisotopic (exact) mass is 256 g/mol. The van der Waals surface area contributed by atoms with Crippen LogP contribution in [0.15, 0.2) is 42.5 Å². The first-order valence-electron chi connectivity index (χ1n) is 5.91. The Balaban J connectivity index is 2.01. The maximum absolute atomic E-state index is 6.12. The number of hydrogen-bond acceptors (Lipinski definition) is 1. The summed E-state index contributed by atoms with van der Waals surface area (Å²) in [5.74, 6) is 0.951. The van der Waals surface area contributed by atoms with Crippen molar-refractivity contribution in [2.24, 2.45) is 0 Å². The molecule has 0 aliphatic carbocycles. The van der Waals surface area contributed by atoms with Crippen molar-refractivity contribution in [3.05, 3.63) is 64.4 Å². The van der Waals surface area contributed by atoms with Crippen molar-refractivity contribution in [3.8, 4) is 0 Å². The van der Waals surface area contributed by atoms with Crippen LogP contribution < -0.4 is 0 Å². The SMILES string of the molecule is Cc1ccccc1Cc1nc2c(Cl)cccc2[nH]1. The Morgan fingerprint density at radius 2 is 1.94 bits per heavy atom. The van der Waals surface area contributed by atoms with E-state index in [1.54, 1.807) is 0 Å². The zero-order valence-electron chi connectivity index (χ0n) is 10.1. The van der Waals surface area contributed by atoms with Gasteiger partial charge in [0.2, 0.25) is 0 Å². The van der Waals surface area contributed by atoms with E-state index in [-0.39, 0.29) is 0 Å². The number of nitrogens with zero attached hydrogens (tertiary/aromatic N) is 1. The van der Waals surface area contributed by atoms with Crippen LogP contribution >= 0.6 is 11.6 Å². The maximum Gasteiger partial charge on any atom is 0.111 e. The Morgan fingerprint density at radius 3 is 2.72 bits per heavy atom. The lowest BCUT2D eigenvalue weighted by Gasteiger charge is -2.02. The van der Waals surface area contributed by atoms with E-state index in [0.717, 1.165) is 23.3 Å². The lowest BCUT2D eigenvalue weighted by atomic mass is 10.1. The number of rotatable bonds is 2. The van der Waals surface area contributed by atoms with Crippen LogP contribution in [0.25, 0.3) is 11.0 Å². The Morgan fingerprint density at radius 1 is 1.11 bits per heavy atom. The second-order valence-electron chi connectivity index (χ2n) is 4.42. The molecule has 0 bridgehead atoms. The van der Waals surface area contributed by atoms with Gasteiger partial charge in [0, 0.05) is 6.42 Å². The first-order valence-corrected chi connectivity index (χ1v) is 6.29. The number of para-hydroxylation sites is 1. The highest BCUT2D eigenvalue weighted by molar-refractivity contribution is 6.34. The van der Waals surface area contributed by atoms with E-state index in [0.29, 0.717) is 5.02 Å². The van der Waals surface area contributed by atoms with Crippen molar-refractivity contribution < 1.29 is 0 Å². The highest BCUT2D eigenvalue weighted by atomic mass is 35.5. The molecule has 0 unspecified atom stereocenters. The van der Waals surface area contributed by atoms with Crippen LogP contribution in [0.4, 0.5) is 0 Å². The molecule has 0 spiro atoms. The highest BCUT2D eigenvalue weighted by Gasteiger charge is 2.07. The zero-order chi connectivity index (χ0) is 12.5. The molecule has 90 valence electrons. The largest absolute Gasteiger partial charge is 0.342 e. The van der Waals surface area contributed by atoms with E-state index in [9.17, 15) is 0 Å². The number of H-pyrrole nitrogens is 1. The Kier molecular flexibility index (Phi) is 2.80. The summed E-state index contributed by atoms with van der Waals surface area (Å²) >= 11 is 6.12. The molecule has 0 atom stereocenters. The van der Waals surface area contributed by atoms with Gasteiger partial charge in [-0.15, -0.1) is 0 Å². The van der Waals surface area contributed by atoms with Gasteiger partial charge in [0.15, 0.2) is 0 Å². The molecule has 1 heterocycles. The fourth-order valence-corrected chi connectivity index (χ4v) is 2.34. The minimum Gasteiger partial charge on any atom is -0.342 e. The van der Waals surface area contributed by atoms with Gasteiger partial charge in [-0.1, -0.05) is 41.9 Å². The molecule has 3 heteroatoms. The van der Waals surface area contributed by atoms with Crippen LogP contribution in [0.2, 0.25) is 5.02 Å². The fraction of sp³-hybridized carbons (Fsp3) is 0.133. The van der Waals surface area contributed by atoms with Crippen molar-refractivity contribution in [2.45, 2.75) is 13.3 Å². The normalized spacial score (nSPS) is 11.0.